The first-order valence-electron chi connectivity index (χ1n) is 6.19. The Balaban J connectivity index is 2.93. The quantitative estimate of drug-likeness (QED) is 0.675. The lowest BCUT2D eigenvalue weighted by Crippen LogP contribution is -2.48. The summed E-state index contributed by atoms with van der Waals surface area (Å²) in [7, 11) is 0. The zero-order valence-electron chi connectivity index (χ0n) is 11.3. The van der Waals surface area contributed by atoms with Gasteiger partial charge in [-0.25, -0.2) is 4.79 Å². The molecule has 0 aliphatic carbocycles. The standard InChI is InChI=1S/C12H19N3O4/c1-4-8-6-9(15(5-2)14-8)11(17)13-10(7(3)16)12(18)19/h6-7,10,16H,4-5H2,1-3H3,(H,13,17)(H,18,19). The third-order valence-corrected chi connectivity index (χ3v) is 2.76. The summed E-state index contributed by atoms with van der Waals surface area (Å²) in [6.45, 7) is 5.58. The van der Waals surface area contributed by atoms with Gasteiger partial charge in [0.15, 0.2) is 6.04 Å². The van der Waals surface area contributed by atoms with Gasteiger partial charge in [-0.2, -0.15) is 5.10 Å². The number of nitrogens with one attached hydrogen (secondary N) is 1. The Kier molecular flexibility index (Phi) is 5.05. The molecule has 1 heterocycles. The highest BCUT2D eigenvalue weighted by Crippen LogP contribution is 2.06. The highest BCUT2D eigenvalue weighted by atomic mass is 16.4. The van der Waals surface area contributed by atoms with Crippen LogP contribution in [0.4, 0.5) is 0 Å². The van der Waals surface area contributed by atoms with Crippen molar-refractivity contribution in [1.82, 2.24) is 15.1 Å². The summed E-state index contributed by atoms with van der Waals surface area (Å²) in [4.78, 5) is 23.0. The van der Waals surface area contributed by atoms with Gasteiger partial charge in [-0.15, -0.1) is 0 Å². The lowest BCUT2D eigenvalue weighted by molar-refractivity contribution is -0.141. The highest BCUT2D eigenvalue weighted by Gasteiger charge is 2.26. The molecule has 0 saturated heterocycles. The molecule has 1 aromatic rings. The molecule has 0 fully saturated rings. The molecule has 106 valence electrons. The summed E-state index contributed by atoms with van der Waals surface area (Å²) in [5, 5.41) is 24.8. The van der Waals surface area contributed by atoms with Crippen molar-refractivity contribution < 1.29 is 19.8 Å². The fourth-order valence-corrected chi connectivity index (χ4v) is 1.67. The predicted molar refractivity (Wildman–Crippen MR) is 67.8 cm³/mol. The molecule has 2 unspecified atom stereocenters. The van der Waals surface area contributed by atoms with Gasteiger partial charge in [-0.05, 0) is 26.3 Å². The fraction of sp³-hybridized carbons (Fsp3) is 0.583. The van der Waals surface area contributed by atoms with Crippen LogP contribution in [0.25, 0.3) is 0 Å². The van der Waals surface area contributed by atoms with Crippen LogP contribution < -0.4 is 5.32 Å². The van der Waals surface area contributed by atoms with Crippen molar-refractivity contribution in [1.29, 1.82) is 0 Å². The van der Waals surface area contributed by atoms with Gasteiger partial charge >= 0.3 is 5.97 Å². The number of carbonyl (C=O) groups is 2. The van der Waals surface area contributed by atoms with E-state index >= 15 is 0 Å². The minimum atomic E-state index is -1.34. The Labute approximate surface area is 111 Å². The van der Waals surface area contributed by atoms with Gasteiger partial charge in [0.1, 0.15) is 5.69 Å². The zero-order valence-corrected chi connectivity index (χ0v) is 11.3. The molecule has 7 heteroatoms. The molecule has 0 aromatic carbocycles. The Bertz CT molecular complexity index is 468. The molecule has 1 amide bonds. The number of aliphatic hydroxyl groups is 1. The minimum absolute atomic E-state index is 0.297. The Morgan fingerprint density at radius 3 is 2.53 bits per heavy atom. The first-order chi connectivity index (χ1) is 8.90. The first kappa shape index (κ1) is 15.2. The summed E-state index contributed by atoms with van der Waals surface area (Å²) < 4.78 is 1.51. The highest BCUT2D eigenvalue weighted by molar-refractivity contribution is 5.95. The summed E-state index contributed by atoms with van der Waals surface area (Å²) in [6, 6.07) is 0.289. The molecule has 0 bridgehead atoms. The van der Waals surface area contributed by atoms with Crippen molar-refractivity contribution in [3.8, 4) is 0 Å². The van der Waals surface area contributed by atoms with Gasteiger partial charge < -0.3 is 15.5 Å². The van der Waals surface area contributed by atoms with Crippen LogP contribution in [0.5, 0.6) is 0 Å². The van der Waals surface area contributed by atoms with Gasteiger partial charge in [0.05, 0.1) is 11.8 Å². The normalized spacial score (nSPS) is 13.9. The molecule has 0 radical (unpaired) electrons. The van der Waals surface area contributed by atoms with Crippen molar-refractivity contribution >= 4 is 11.9 Å². The Hall–Kier alpha value is -1.89. The SMILES string of the molecule is CCc1cc(C(=O)NC(C(=O)O)C(C)O)n(CC)n1. The number of aryl methyl sites for hydroxylation is 2. The van der Waals surface area contributed by atoms with Crippen molar-refractivity contribution in [2.24, 2.45) is 0 Å². The van der Waals surface area contributed by atoms with Gasteiger partial charge in [-0.1, -0.05) is 6.92 Å². The van der Waals surface area contributed by atoms with E-state index in [2.05, 4.69) is 10.4 Å². The number of carboxylic acids is 1. The molecular formula is C12H19N3O4. The van der Waals surface area contributed by atoms with Gasteiger partial charge in [0, 0.05) is 6.54 Å². The average Bonchev–Trinajstić information content (AvgIpc) is 2.78. The molecule has 0 aliphatic rings. The van der Waals surface area contributed by atoms with Crippen LogP contribution in [0.1, 0.15) is 37.0 Å². The van der Waals surface area contributed by atoms with E-state index in [9.17, 15) is 14.7 Å². The zero-order chi connectivity index (χ0) is 14.6. The van der Waals surface area contributed by atoms with Crippen LogP contribution in [0.2, 0.25) is 0 Å². The van der Waals surface area contributed by atoms with E-state index in [4.69, 9.17) is 5.11 Å². The molecule has 0 saturated carbocycles. The number of hydrogen-bond donors (Lipinski definition) is 3. The monoisotopic (exact) mass is 269 g/mol. The van der Waals surface area contributed by atoms with Crippen LogP contribution in [-0.4, -0.2) is 44.0 Å². The van der Waals surface area contributed by atoms with Crippen LogP contribution >= 0.6 is 0 Å². The van der Waals surface area contributed by atoms with E-state index in [1.54, 1.807) is 6.07 Å². The smallest absolute Gasteiger partial charge is 0.328 e. The maximum Gasteiger partial charge on any atom is 0.328 e. The molecule has 19 heavy (non-hydrogen) atoms. The lowest BCUT2D eigenvalue weighted by atomic mass is 10.2. The van der Waals surface area contributed by atoms with Crippen molar-refractivity contribution in [2.75, 3.05) is 0 Å². The second-order valence-electron chi connectivity index (χ2n) is 4.22. The van der Waals surface area contributed by atoms with Crippen LogP contribution in [0, 0.1) is 0 Å². The largest absolute Gasteiger partial charge is 0.480 e. The average molecular weight is 269 g/mol. The minimum Gasteiger partial charge on any atom is -0.480 e. The van der Waals surface area contributed by atoms with E-state index in [-0.39, 0.29) is 0 Å². The molecule has 2 atom stereocenters. The topological polar surface area (TPSA) is 104 Å². The third-order valence-electron chi connectivity index (χ3n) is 2.76. The van der Waals surface area contributed by atoms with Gasteiger partial charge in [-0.3, -0.25) is 9.48 Å². The molecule has 0 spiro atoms. The van der Waals surface area contributed by atoms with Crippen molar-refractivity contribution in [3.05, 3.63) is 17.5 Å². The van der Waals surface area contributed by atoms with E-state index in [1.807, 2.05) is 13.8 Å². The van der Waals surface area contributed by atoms with E-state index in [0.29, 0.717) is 18.7 Å². The van der Waals surface area contributed by atoms with E-state index in [0.717, 1.165) is 5.69 Å². The number of aromatic nitrogens is 2. The summed E-state index contributed by atoms with van der Waals surface area (Å²) in [5.41, 5.74) is 1.06. The molecular weight excluding hydrogens is 250 g/mol. The molecule has 1 aromatic heterocycles. The molecule has 0 aliphatic heterocycles. The van der Waals surface area contributed by atoms with E-state index in [1.165, 1.54) is 11.6 Å². The van der Waals surface area contributed by atoms with Crippen molar-refractivity contribution in [3.63, 3.8) is 0 Å². The number of amides is 1. The predicted octanol–water partition coefficient (Wildman–Crippen LogP) is 0.0292. The second kappa shape index (κ2) is 6.33. The number of aliphatic hydroxyl groups excluding tert-OH is 1. The first-order valence-corrected chi connectivity index (χ1v) is 6.19. The molecule has 7 nitrogen and oxygen atoms in total. The molecule has 3 N–H and O–H groups in total. The van der Waals surface area contributed by atoms with Gasteiger partial charge in [0.25, 0.3) is 5.91 Å². The number of aliphatic carboxylic acids is 1. The van der Waals surface area contributed by atoms with Crippen LogP contribution in [0.15, 0.2) is 6.07 Å². The molecule has 1 rings (SSSR count). The Morgan fingerprint density at radius 2 is 2.11 bits per heavy atom. The lowest BCUT2D eigenvalue weighted by Gasteiger charge is -2.17. The Morgan fingerprint density at radius 1 is 1.47 bits per heavy atom. The maximum absolute atomic E-state index is 12.0. The second-order valence-corrected chi connectivity index (χ2v) is 4.22. The maximum atomic E-state index is 12.0. The van der Waals surface area contributed by atoms with Crippen LogP contribution in [-0.2, 0) is 17.8 Å². The fourth-order valence-electron chi connectivity index (χ4n) is 1.67. The summed E-state index contributed by atoms with van der Waals surface area (Å²) in [5.74, 6) is -1.83. The summed E-state index contributed by atoms with van der Waals surface area (Å²) in [6.07, 6.45) is -0.489. The van der Waals surface area contributed by atoms with Gasteiger partial charge in [0.2, 0.25) is 0 Å². The summed E-state index contributed by atoms with van der Waals surface area (Å²) >= 11 is 0. The number of carbonyl (C=O) groups excluding carboxylic acids is 1. The van der Waals surface area contributed by atoms with Crippen LogP contribution in [0.3, 0.4) is 0 Å². The number of carboxylic acid groups (broad SMARTS) is 1. The third kappa shape index (κ3) is 3.54. The number of hydrogen-bond acceptors (Lipinski definition) is 4. The number of nitrogens with zero attached hydrogens (tertiary/aromatic N) is 2. The number of rotatable bonds is 6. The van der Waals surface area contributed by atoms with Crippen molar-refractivity contribution in [2.45, 2.75) is 45.9 Å². The van der Waals surface area contributed by atoms with E-state index < -0.39 is 24.0 Å².